The zero-order chi connectivity index (χ0) is 17.8. The first kappa shape index (κ1) is 15.5. The first-order chi connectivity index (χ1) is 13.3. The van der Waals surface area contributed by atoms with Crippen molar-refractivity contribution in [1.82, 2.24) is 0 Å². The number of rotatable bonds is 2. The predicted octanol–water partition coefficient (Wildman–Crippen LogP) is 7.10. The topological polar surface area (TPSA) is 0 Å². The molecule has 6 rings (SSSR count). The van der Waals surface area contributed by atoms with Crippen LogP contribution in [-0.2, 0) is 5.41 Å². The molecule has 2 bridgehead atoms. The fourth-order valence-corrected chi connectivity index (χ4v) is 6.14. The van der Waals surface area contributed by atoms with Crippen molar-refractivity contribution in [3.05, 3.63) is 96.1 Å². The molecule has 132 valence electrons. The molecule has 0 N–H and O–H groups in total. The minimum absolute atomic E-state index is 0.191. The number of hydrogen-bond donors (Lipinski definition) is 0. The maximum absolute atomic E-state index is 2.48. The van der Waals surface area contributed by atoms with E-state index in [9.17, 15) is 0 Å². The van der Waals surface area contributed by atoms with Gasteiger partial charge in [0.25, 0.3) is 0 Å². The van der Waals surface area contributed by atoms with Gasteiger partial charge in [0.15, 0.2) is 0 Å². The third-order valence-corrected chi connectivity index (χ3v) is 7.38. The van der Waals surface area contributed by atoms with Crippen LogP contribution in [-0.4, -0.2) is 0 Å². The molecule has 2 atom stereocenters. The van der Waals surface area contributed by atoms with Crippen LogP contribution in [0.5, 0.6) is 0 Å². The average Bonchev–Trinajstić information content (AvgIpc) is 3.35. The molecule has 0 aromatic heterocycles. The van der Waals surface area contributed by atoms with Crippen molar-refractivity contribution in [1.29, 1.82) is 0 Å². The minimum atomic E-state index is 0.191. The van der Waals surface area contributed by atoms with Crippen LogP contribution in [0.15, 0.2) is 84.9 Å². The number of benzene rings is 4. The van der Waals surface area contributed by atoms with Gasteiger partial charge in [0.2, 0.25) is 0 Å². The second-order valence-electron chi connectivity index (χ2n) is 8.68. The van der Waals surface area contributed by atoms with Gasteiger partial charge in [-0.1, -0.05) is 91.3 Å². The van der Waals surface area contributed by atoms with Crippen LogP contribution < -0.4 is 0 Å². The molecule has 0 saturated heterocycles. The van der Waals surface area contributed by atoms with Crippen LogP contribution in [0.1, 0.15) is 36.8 Å². The summed E-state index contributed by atoms with van der Waals surface area (Å²) in [6, 6.07) is 32.0. The van der Waals surface area contributed by atoms with Crippen molar-refractivity contribution in [2.75, 3.05) is 0 Å². The quantitative estimate of drug-likeness (QED) is 0.362. The van der Waals surface area contributed by atoms with E-state index in [4.69, 9.17) is 0 Å². The highest BCUT2D eigenvalue weighted by molar-refractivity contribution is 5.85. The van der Waals surface area contributed by atoms with E-state index in [1.165, 1.54) is 58.4 Å². The molecule has 2 aliphatic rings. The van der Waals surface area contributed by atoms with Crippen LogP contribution in [0.2, 0.25) is 0 Å². The van der Waals surface area contributed by atoms with Gasteiger partial charge in [-0.3, -0.25) is 0 Å². The summed E-state index contributed by atoms with van der Waals surface area (Å²) in [5.74, 6) is 1.68. The molecule has 0 amide bonds. The lowest BCUT2D eigenvalue weighted by atomic mass is 9.64. The van der Waals surface area contributed by atoms with Gasteiger partial charge in [0, 0.05) is 5.41 Å². The van der Waals surface area contributed by atoms with Crippen LogP contribution in [0.3, 0.4) is 0 Å². The molecule has 2 saturated carbocycles. The Balaban J connectivity index is 1.60. The van der Waals surface area contributed by atoms with Gasteiger partial charge in [-0.25, -0.2) is 0 Å². The first-order valence-electron chi connectivity index (χ1n) is 10.3. The predicted molar refractivity (Wildman–Crippen MR) is 114 cm³/mol. The molecule has 0 aliphatic heterocycles. The van der Waals surface area contributed by atoms with Gasteiger partial charge in [-0.2, -0.15) is 0 Å². The van der Waals surface area contributed by atoms with Gasteiger partial charge in [-0.15, -0.1) is 0 Å². The van der Waals surface area contributed by atoms with Crippen molar-refractivity contribution in [3.8, 4) is 0 Å². The maximum Gasteiger partial charge on any atom is 0.0234 e. The normalized spacial score (nSPS) is 23.3. The summed E-state index contributed by atoms with van der Waals surface area (Å²) in [4.78, 5) is 0. The molecular weight excluding hydrogens is 324 g/mol. The lowest BCUT2D eigenvalue weighted by molar-refractivity contribution is 0.321. The van der Waals surface area contributed by atoms with Crippen LogP contribution in [0.25, 0.3) is 21.5 Å². The largest absolute Gasteiger partial charge is 0.0616 e. The zero-order valence-electron chi connectivity index (χ0n) is 15.6. The second-order valence-corrected chi connectivity index (χ2v) is 8.68. The number of fused-ring (bicyclic) bond motifs is 4. The van der Waals surface area contributed by atoms with E-state index in [1.807, 2.05) is 0 Å². The van der Waals surface area contributed by atoms with Crippen LogP contribution in [0, 0.1) is 11.8 Å². The zero-order valence-corrected chi connectivity index (χ0v) is 15.6. The Morgan fingerprint density at radius 1 is 0.593 bits per heavy atom. The Bertz CT molecular complexity index is 1070. The molecule has 2 aliphatic carbocycles. The van der Waals surface area contributed by atoms with Crippen LogP contribution in [0.4, 0.5) is 0 Å². The summed E-state index contributed by atoms with van der Waals surface area (Å²) >= 11 is 0. The molecule has 0 heterocycles. The van der Waals surface area contributed by atoms with Gasteiger partial charge >= 0.3 is 0 Å². The van der Waals surface area contributed by atoms with Crippen molar-refractivity contribution in [2.45, 2.75) is 31.1 Å². The maximum atomic E-state index is 2.48. The molecule has 2 fully saturated rings. The van der Waals surface area contributed by atoms with E-state index >= 15 is 0 Å². The standard InChI is InChI=1S/C27H24/c1-3-7-22-16-25(13-10-20(22)5-1)27(18-19-9-12-24(27)15-19)26-14-11-21-6-2-4-8-23(21)17-26/h1-8,10-11,13-14,16-17,19,24H,9,12,15,18H2. The first-order valence-corrected chi connectivity index (χ1v) is 10.3. The molecule has 0 nitrogen and oxygen atoms in total. The summed E-state index contributed by atoms with van der Waals surface area (Å²) in [6.45, 7) is 0. The summed E-state index contributed by atoms with van der Waals surface area (Å²) in [5.41, 5.74) is 3.25. The summed E-state index contributed by atoms with van der Waals surface area (Å²) in [5, 5.41) is 5.44. The third kappa shape index (κ3) is 2.22. The van der Waals surface area contributed by atoms with E-state index in [0.717, 1.165) is 11.8 Å². The molecule has 27 heavy (non-hydrogen) atoms. The van der Waals surface area contributed by atoms with Gasteiger partial charge in [0.05, 0.1) is 0 Å². The minimum Gasteiger partial charge on any atom is -0.0616 e. The SMILES string of the molecule is c1ccc2cc(C3(c4ccc5ccccc5c4)CC4CCC3C4)ccc2c1. The van der Waals surface area contributed by atoms with Gasteiger partial charge in [-0.05, 0) is 63.8 Å². The van der Waals surface area contributed by atoms with Gasteiger partial charge in [0.1, 0.15) is 0 Å². The lowest BCUT2D eigenvalue weighted by Crippen LogP contribution is -2.34. The van der Waals surface area contributed by atoms with Crippen LogP contribution >= 0.6 is 0 Å². The molecular formula is C27H24. The molecule has 2 unspecified atom stereocenters. The molecule has 0 heteroatoms. The van der Waals surface area contributed by atoms with Crippen molar-refractivity contribution in [2.24, 2.45) is 11.8 Å². The van der Waals surface area contributed by atoms with E-state index in [2.05, 4.69) is 84.9 Å². The molecule has 4 aromatic rings. The third-order valence-electron chi connectivity index (χ3n) is 7.38. The van der Waals surface area contributed by atoms with Crippen molar-refractivity contribution >= 4 is 21.5 Å². The summed E-state index contributed by atoms with van der Waals surface area (Å²) in [6.07, 6.45) is 5.52. The van der Waals surface area contributed by atoms with E-state index in [-0.39, 0.29) is 5.41 Å². The van der Waals surface area contributed by atoms with Crippen molar-refractivity contribution < 1.29 is 0 Å². The Labute approximate surface area is 160 Å². The molecule has 0 radical (unpaired) electrons. The molecule has 4 aromatic carbocycles. The van der Waals surface area contributed by atoms with Crippen molar-refractivity contribution in [3.63, 3.8) is 0 Å². The van der Waals surface area contributed by atoms with E-state index in [0.29, 0.717) is 0 Å². The fourth-order valence-electron chi connectivity index (χ4n) is 6.14. The summed E-state index contributed by atoms with van der Waals surface area (Å²) < 4.78 is 0. The average molecular weight is 348 g/mol. The van der Waals surface area contributed by atoms with E-state index in [1.54, 1.807) is 0 Å². The number of hydrogen-bond acceptors (Lipinski definition) is 0. The monoisotopic (exact) mass is 348 g/mol. The Morgan fingerprint density at radius 3 is 1.63 bits per heavy atom. The highest BCUT2D eigenvalue weighted by Crippen LogP contribution is 2.60. The van der Waals surface area contributed by atoms with E-state index < -0.39 is 0 Å². The Kier molecular flexibility index (Phi) is 3.26. The highest BCUT2D eigenvalue weighted by Gasteiger charge is 2.52. The fraction of sp³-hybridized carbons (Fsp3) is 0.259. The van der Waals surface area contributed by atoms with Gasteiger partial charge < -0.3 is 0 Å². The Morgan fingerprint density at radius 2 is 1.15 bits per heavy atom. The smallest absolute Gasteiger partial charge is 0.0234 e. The Hall–Kier alpha value is -2.60. The lowest BCUT2D eigenvalue weighted by Gasteiger charge is -2.39. The summed E-state index contributed by atoms with van der Waals surface area (Å²) in [7, 11) is 0. The molecule has 0 spiro atoms. The second kappa shape index (κ2) is 5.70. The highest BCUT2D eigenvalue weighted by atomic mass is 14.6.